The van der Waals surface area contributed by atoms with Crippen LogP contribution in [-0.4, -0.2) is 47.7 Å². The van der Waals surface area contributed by atoms with Crippen molar-refractivity contribution in [2.45, 2.75) is 31.8 Å². The molecule has 2 aliphatic rings. The molecule has 1 unspecified atom stereocenters. The van der Waals surface area contributed by atoms with Crippen LogP contribution in [-0.2, 0) is 9.53 Å². The predicted molar refractivity (Wildman–Crippen MR) is 78.0 cm³/mol. The molecule has 120 valence electrons. The molecular formula is C16H21FN2O3. The second kappa shape index (κ2) is 6.20. The van der Waals surface area contributed by atoms with Crippen LogP contribution < -0.4 is 4.74 Å². The van der Waals surface area contributed by atoms with Crippen molar-refractivity contribution in [2.24, 2.45) is 5.92 Å². The van der Waals surface area contributed by atoms with E-state index in [0.29, 0.717) is 32.7 Å². The smallest absolute Gasteiger partial charge is 0.250 e. The van der Waals surface area contributed by atoms with Gasteiger partial charge in [-0.1, -0.05) is 6.92 Å². The fraction of sp³-hybridized carbons (Fsp3) is 0.625. The number of carbonyl (C=O) groups is 1. The molecule has 22 heavy (non-hydrogen) atoms. The molecule has 1 atom stereocenters. The zero-order valence-corrected chi connectivity index (χ0v) is 12.8. The fourth-order valence-corrected chi connectivity index (χ4v) is 3.18. The van der Waals surface area contributed by atoms with Crippen LogP contribution in [0.5, 0.6) is 5.88 Å². The number of pyridine rings is 1. The van der Waals surface area contributed by atoms with Crippen LogP contribution in [0.2, 0.25) is 0 Å². The molecule has 6 heteroatoms. The highest BCUT2D eigenvalue weighted by molar-refractivity contribution is 5.77. The minimum atomic E-state index is -0.455. The lowest BCUT2D eigenvalue weighted by Gasteiger charge is -2.50. The number of hydrogen-bond acceptors (Lipinski definition) is 4. The van der Waals surface area contributed by atoms with E-state index in [2.05, 4.69) is 4.98 Å². The molecular weight excluding hydrogens is 287 g/mol. The highest BCUT2D eigenvalue weighted by Crippen LogP contribution is 2.40. The second-order valence-electron chi connectivity index (χ2n) is 6.00. The highest BCUT2D eigenvalue weighted by atomic mass is 19.1. The number of rotatable bonds is 5. The monoisotopic (exact) mass is 308 g/mol. The van der Waals surface area contributed by atoms with E-state index in [1.165, 1.54) is 18.3 Å². The molecule has 3 heterocycles. The summed E-state index contributed by atoms with van der Waals surface area (Å²) in [4.78, 5) is 17.6. The lowest BCUT2D eigenvalue weighted by atomic mass is 9.81. The average molecular weight is 308 g/mol. The molecule has 2 fully saturated rings. The second-order valence-corrected chi connectivity index (χ2v) is 6.00. The standard InChI is InChI=1S/C16H21FN2O3/c1-2-4-14(20)19-10-16(11-19)12(6-8-22-16)9-21-15-13(17)5-3-7-18-15/h3,5,7,12H,2,4,6,8-11H2,1H3. The number of halogens is 1. The van der Waals surface area contributed by atoms with Crippen LogP contribution in [0, 0.1) is 11.7 Å². The number of hydrogen-bond donors (Lipinski definition) is 0. The summed E-state index contributed by atoms with van der Waals surface area (Å²) < 4.78 is 24.9. The van der Waals surface area contributed by atoms with Gasteiger partial charge in [-0.3, -0.25) is 4.79 Å². The number of ether oxygens (including phenoxy) is 2. The quantitative estimate of drug-likeness (QED) is 0.835. The van der Waals surface area contributed by atoms with Crippen molar-refractivity contribution >= 4 is 5.91 Å². The summed E-state index contributed by atoms with van der Waals surface area (Å²) in [6.07, 6.45) is 3.81. The molecule has 0 radical (unpaired) electrons. The molecule has 1 spiro atoms. The Balaban J connectivity index is 1.56. The Morgan fingerprint density at radius 3 is 3.14 bits per heavy atom. The lowest BCUT2D eigenvalue weighted by molar-refractivity contribution is -0.167. The SMILES string of the molecule is CCCC(=O)N1CC2(C1)OCCC2COc1ncccc1F. The van der Waals surface area contributed by atoms with Crippen molar-refractivity contribution in [1.82, 2.24) is 9.88 Å². The Bertz CT molecular complexity index is 546. The largest absolute Gasteiger partial charge is 0.475 e. The fourth-order valence-electron chi connectivity index (χ4n) is 3.18. The zero-order chi connectivity index (χ0) is 15.6. The topological polar surface area (TPSA) is 51.7 Å². The van der Waals surface area contributed by atoms with Crippen molar-refractivity contribution in [3.8, 4) is 5.88 Å². The van der Waals surface area contributed by atoms with Gasteiger partial charge >= 0.3 is 0 Å². The Hall–Kier alpha value is -1.69. The summed E-state index contributed by atoms with van der Waals surface area (Å²) in [5.41, 5.74) is -0.311. The minimum Gasteiger partial charge on any atom is -0.475 e. The highest BCUT2D eigenvalue weighted by Gasteiger charge is 2.54. The van der Waals surface area contributed by atoms with Crippen molar-refractivity contribution in [3.05, 3.63) is 24.1 Å². The van der Waals surface area contributed by atoms with Gasteiger partial charge in [0, 0.05) is 25.1 Å². The van der Waals surface area contributed by atoms with Crippen molar-refractivity contribution < 1.29 is 18.7 Å². The number of nitrogens with zero attached hydrogens (tertiary/aromatic N) is 2. The summed E-state index contributed by atoms with van der Waals surface area (Å²) in [5, 5.41) is 0. The maximum Gasteiger partial charge on any atom is 0.250 e. The molecule has 1 aromatic rings. The van der Waals surface area contributed by atoms with Crippen LogP contribution in [0.15, 0.2) is 18.3 Å². The van der Waals surface area contributed by atoms with Gasteiger partial charge in [0.25, 0.3) is 0 Å². The first-order valence-electron chi connectivity index (χ1n) is 7.79. The van der Waals surface area contributed by atoms with Gasteiger partial charge in [0.2, 0.25) is 11.8 Å². The molecule has 2 saturated heterocycles. The van der Waals surface area contributed by atoms with E-state index in [-0.39, 0.29) is 23.3 Å². The number of likely N-dealkylation sites (tertiary alicyclic amines) is 1. The Labute approximate surface area is 129 Å². The first kappa shape index (κ1) is 15.2. The molecule has 2 aliphatic heterocycles. The van der Waals surface area contributed by atoms with Crippen LogP contribution in [0.3, 0.4) is 0 Å². The molecule has 0 N–H and O–H groups in total. The van der Waals surface area contributed by atoms with Gasteiger partial charge in [-0.25, -0.2) is 9.37 Å². The molecule has 0 aromatic carbocycles. The third-order valence-electron chi connectivity index (χ3n) is 4.48. The van der Waals surface area contributed by atoms with Gasteiger partial charge in [0.1, 0.15) is 5.60 Å². The van der Waals surface area contributed by atoms with E-state index in [1.807, 2.05) is 11.8 Å². The maximum atomic E-state index is 13.5. The Morgan fingerprint density at radius 1 is 1.59 bits per heavy atom. The summed E-state index contributed by atoms with van der Waals surface area (Å²) in [7, 11) is 0. The van der Waals surface area contributed by atoms with Gasteiger partial charge in [0.15, 0.2) is 5.82 Å². The predicted octanol–water partition coefficient (Wildman–Crippen LogP) is 2.02. The van der Waals surface area contributed by atoms with Crippen LogP contribution in [0.4, 0.5) is 4.39 Å². The Kier molecular flexibility index (Phi) is 4.29. The van der Waals surface area contributed by atoms with Gasteiger partial charge in [-0.05, 0) is 25.0 Å². The summed E-state index contributed by atoms with van der Waals surface area (Å²) >= 11 is 0. The number of carbonyl (C=O) groups excluding carboxylic acids is 1. The molecule has 1 amide bonds. The molecule has 0 bridgehead atoms. The van der Waals surface area contributed by atoms with Crippen molar-refractivity contribution in [3.63, 3.8) is 0 Å². The van der Waals surface area contributed by atoms with Gasteiger partial charge < -0.3 is 14.4 Å². The van der Waals surface area contributed by atoms with Gasteiger partial charge in [-0.2, -0.15) is 0 Å². The third-order valence-corrected chi connectivity index (χ3v) is 4.48. The van der Waals surface area contributed by atoms with E-state index in [4.69, 9.17) is 9.47 Å². The molecule has 5 nitrogen and oxygen atoms in total. The number of aromatic nitrogens is 1. The van der Waals surface area contributed by atoms with Crippen LogP contribution in [0.1, 0.15) is 26.2 Å². The van der Waals surface area contributed by atoms with Crippen LogP contribution >= 0.6 is 0 Å². The first-order valence-corrected chi connectivity index (χ1v) is 7.79. The minimum absolute atomic E-state index is 0.0304. The first-order chi connectivity index (χ1) is 10.6. The molecule has 0 saturated carbocycles. The van der Waals surface area contributed by atoms with Crippen molar-refractivity contribution in [1.29, 1.82) is 0 Å². The van der Waals surface area contributed by atoms with Crippen LogP contribution in [0.25, 0.3) is 0 Å². The van der Waals surface area contributed by atoms with Gasteiger partial charge in [-0.15, -0.1) is 0 Å². The van der Waals surface area contributed by atoms with E-state index in [9.17, 15) is 9.18 Å². The van der Waals surface area contributed by atoms with Crippen molar-refractivity contribution in [2.75, 3.05) is 26.3 Å². The van der Waals surface area contributed by atoms with E-state index >= 15 is 0 Å². The molecule has 3 rings (SSSR count). The third kappa shape index (κ3) is 2.79. The lowest BCUT2D eigenvalue weighted by Crippen LogP contribution is -2.66. The Morgan fingerprint density at radius 2 is 2.41 bits per heavy atom. The number of amides is 1. The van der Waals surface area contributed by atoms with Gasteiger partial charge in [0.05, 0.1) is 19.7 Å². The normalized spacial score (nSPS) is 22.6. The maximum absolute atomic E-state index is 13.5. The zero-order valence-electron chi connectivity index (χ0n) is 12.8. The van der Waals surface area contributed by atoms with E-state index in [1.54, 1.807) is 0 Å². The van der Waals surface area contributed by atoms with E-state index < -0.39 is 5.82 Å². The summed E-state index contributed by atoms with van der Waals surface area (Å²) in [6.45, 7) is 4.25. The molecule has 0 aliphatic carbocycles. The summed E-state index contributed by atoms with van der Waals surface area (Å²) in [6, 6.07) is 2.86. The molecule has 1 aromatic heterocycles. The average Bonchev–Trinajstić information content (AvgIpc) is 2.89. The summed E-state index contributed by atoms with van der Waals surface area (Å²) in [5.74, 6) is -0.0785. The van der Waals surface area contributed by atoms with E-state index in [0.717, 1.165) is 12.8 Å².